The van der Waals surface area contributed by atoms with E-state index in [1.54, 1.807) is 0 Å². The average molecular weight is 244 g/mol. The molecule has 0 spiro atoms. The van der Waals surface area contributed by atoms with E-state index in [1.807, 2.05) is 18.2 Å². The van der Waals surface area contributed by atoms with Gasteiger partial charge in [0.15, 0.2) is 12.0 Å². The van der Waals surface area contributed by atoms with Crippen LogP contribution in [0.25, 0.3) is 11.1 Å². The van der Waals surface area contributed by atoms with Gasteiger partial charge in [0.2, 0.25) is 0 Å². The fourth-order valence-electron chi connectivity index (χ4n) is 3.51. The summed E-state index contributed by atoms with van der Waals surface area (Å²) in [6.45, 7) is 0. The summed E-state index contributed by atoms with van der Waals surface area (Å²) in [5, 5.41) is 14.5. The molecule has 2 N–H and O–H groups in total. The van der Waals surface area contributed by atoms with Crippen LogP contribution in [0.4, 0.5) is 0 Å². The van der Waals surface area contributed by atoms with E-state index in [2.05, 4.69) is 10.3 Å². The zero-order valence-corrected chi connectivity index (χ0v) is 10.1. The van der Waals surface area contributed by atoms with Gasteiger partial charge < -0.3 is 14.8 Å². The molecule has 2 unspecified atom stereocenters. The second kappa shape index (κ2) is 3.56. The minimum atomic E-state index is -0.704. The summed E-state index contributed by atoms with van der Waals surface area (Å²) in [4.78, 5) is 4.17. The zero-order chi connectivity index (χ0) is 12.2. The van der Waals surface area contributed by atoms with E-state index in [4.69, 9.17) is 4.42 Å². The first-order chi connectivity index (χ1) is 8.73. The summed E-state index contributed by atoms with van der Waals surface area (Å²) >= 11 is 0. The monoisotopic (exact) mass is 244 g/mol. The van der Waals surface area contributed by atoms with Gasteiger partial charge in [0.05, 0.1) is 5.60 Å². The minimum absolute atomic E-state index is 0.460. The van der Waals surface area contributed by atoms with Crippen LogP contribution in [0.1, 0.15) is 31.2 Å². The number of piperidine rings is 1. The van der Waals surface area contributed by atoms with Crippen LogP contribution in [0.15, 0.2) is 29.0 Å². The summed E-state index contributed by atoms with van der Waals surface area (Å²) in [6, 6.07) is 6.75. The molecule has 3 heterocycles. The molecule has 2 fully saturated rings. The molecule has 2 atom stereocenters. The van der Waals surface area contributed by atoms with E-state index in [9.17, 15) is 5.11 Å². The summed E-state index contributed by atoms with van der Waals surface area (Å²) in [7, 11) is 0. The quantitative estimate of drug-likeness (QED) is 0.804. The van der Waals surface area contributed by atoms with E-state index in [0.717, 1.165) is 29.5 Å². The highest BCUT2D eigenvalue weighted by Crippen LogP contribution is 2.41. The third kappa shape index (κ3) is 1.49. The Kier molecular flexibility index (Phi) is 2.08. The lowest BCUT2D eigenvalue weighted by molar-refractivity contribution is -0.0113. The van der Waals surface area contributed by atoms with Crippen molar-refractivity contribution < 1.29 is 9.52 Å². The van der Waals surface area contributed by atoms with Gasteiger partial charge >= 0.3 is 0 Å². The number of benzene rings is 1. The highest BCUT2D eigenvalue weighted by Gasteiger charge is 2.43. The molecular weight excluding hydrogens is 228 g/mol. The van der Waals surface area contributed by atoms with Gasteiger partial charge in [-0.3, -0.25) is 0 Å². The van der Waals surface area contributed by atoms with Crippen molar-refractivity contribution in [3.05, 3.63) is 30.2 Å². The van der Waals surface area contributed by atoms with Crippen LogP contribution in [0, 0.1) is 0 Å². The van der Waals surface area contributed by atoms with Crippen LogP contribution in [0.3, 0.4) is 0 Å². The predicted molar refractivity (Wildman–Crippen MR) is 67.1 cm³/mol. The molecule has 0 radical (unpaired) electrons. The summed E-state index contributed by atoms with van der Waals surface area (Å²) in [5.74, 6) is 0. The van der Waals surface area contributed by atoms with Crippen molar-refractivity contribution in [2.24, 2.45) is 0 Å². The Bertz CT molecular complexity index is 580. The van der Waals surface area contributed by atoms with Crippen molar-refractivity contribution in [1.29, 1.82) is 0 Å². The molecule has 4 heteroatoms. The smallest absolute Gasteiger partial charge is 0.181 e. The highest BCUT2D eigenvalue weighted by atomic mass is 16.3. The maximum Gasteiger partial charge on any atom is 0.181 e. The zero-order valence-electron chi connectivity index (χ0n) is 10.1. The van der Waals surface area contributed by atoms with Gasteiger partial charge in [-0.2, -0.15) is 0 Å². The second-order valence-electron chi connectivity index (χ2n) is 5.61. The number of oxazole rings is 1. The first-order valence-electron chi connectivity index (χ1n) is 6.55. The van der Waals surface area contributed by atoms with Gasteiger partial charge in [0, 0.05) is 12.1 Å². The Morgan fingerprint density at radius 2 is 2.06 bits per heavy atom. The summed E-state index contributed by atoms with van der Waals surface area (Å²) in [6.07, 6.45) is 5.41. The maximum absolute atomic E-state index is 10.9. The number of aromatic nitrogens is 1. The summed E-state index contributed by atoms with van der Waals surface area (Å²) < 4.78 is 5.24. The normalized spacial score (nSPS) is 35.2. The van der Waals surface area contributed by atoms with Crippen molar-refractivity contribution >= 4 is 11.1 Å². The molecule has 18 heavy (non-hydrogen) atoms. The Morgan fingerprint density at radius 3 is 2.83 bits per heavy atom. The molecule has 2 aliphatic rings. The molecule has 1 aromatic carbocycles. The number of rotatable bonds is 1. The van der Waals surface area contributed by atoms with Crippen LogP contribution in [-0.2, 0) is 5.60 Å². The topological polar surface area (TPSA) is 58.3 Å². The van der Waals surface area contributed by atoms with Crippen molar-refractivity contribution in [1.82, 2.24) is 10.3 Å². The van der Waals surface area contributed by atoms with Crippen LogP contribution in [0.5, 0.6) is 0 Å². The standard InChI is InChI=1S/C14H16N2O2/c17-14(6-10-2-3-11(7-14)16-10)9-1-4-13-12(5-9)15-8-18-13/h1,4-5,8,10-11,16-17H,2-3,6-7H2. The first-order valence-corrected chi connectivity index (χ1v) is 6.55. The molecule has 0 saturated carbocycles. The van der Waals surface area contributed by atoms with Crippen LogP contribution < -0.4 is 5.32 Å². The Morgan fingerprint density at radius 1 is 1.28 bits per heavy atom. The van der Waals surface area contributed by atoms with Gasteiger partial charge in [-0.05, 0) is 43.4 Å². The molecule has 0 aliphatic carbocycles. The molecule has 0 amide bonds. The lowest BCUT2D eigenvalue weighted by Crippen LogP contribution is -2.46. The fourth-order valence-corrected chi connectivity index (χ4v) is 3.51. The van der Waals surface area contributed by atoms with E-state index in [-0.39, 0.29) is 0 Å². The molecule has 4 rings (SSSR count). The molecule has 2 aliphatic heterocycles. The van der Waals surface area contributed by atoms with Gasteiger partial charge in [-0.15, -0.1) is 0 Å². The molecule has 2 bridgehead atoms. The number of nitrogens with zero attached hydrogens (tertiary/aromatic N) is 1. The van der Waals surface area contributed by atoms with Crippen molar-refractivity contribution in [3.8, 4) is 0 Å². The van der Waals surface area contributed by atoms with E-state index >= 15 is 0 Å². The van der Waals surface area contributed by atoms with Crippen LogP contribution in [-0.4, -0.2) is 22.2 Å². The first kappa shape index (κ1) is 10.5. The average Bonchev–Trinajstić information content (AvgIpc) is 2.95. The third-order valence-corrected chi connectivity index (χ3v) is 4.37. The van der Waals surface area contributed by atoms with E-state index in [1.165, 1.54) is 19.2 Å². The van der Waals surface area contributed by atoms with Crippen molar-refractivity contribution in [3.63, 3.8) is 0 Å². The molecule has 2 aromatic rings. The van der Waals surface area contributed by atoms with Crippen molar-refractivity contribution in [2.75, 3.05) is 0 Å². The third-order valence-electron chi connectivity index (χ3n) is 4.37. The number of hydrogen-bond donors (Lipinski definition) is 2. The molecule has 2 saturated heterocycles. The summed E-state index contributed by atoms with van der Waals surface area (Å²) in [5.41, 5.74) is 1.87. The van der Waals surface area contributed by atoms with E-state index < -0.39 is 5.60 Å². The minimum Gasteiger partial charge on any atom is -0.443 e. The molecule has 94 valence electrons. The molecule has 4 nitrogen and oxygen atoms in total. The predicted octanol–water partition coefficient (Wildman–Crippen LogP) is 1.93. The largest absolute Gasteiger partial charge is 0.443 e. The molecular formula is C14H16N2O2. The van der Waals surface area contributed by atoms with Crippen LogP contribution >= 0.6 is 0 Å². The SMILES string of the molecule is OC1(c2ccc3ocnc3c2)CC2CCC(C1)N2. The van der Waals surface area contributed by atoms with E-state index in [0.29, 0.717) is 12.1 Å². The number of nitrogens with one attached hydrogen (secondary N) is 1. The van der Waals surface area contributed by atoms with Gasteiger partial charge in [0.25, 0.3) is 0 Å². The lowest BCUT2D eigenvalue weighted by Gasteiger charge is -2.37. The Labute approximate surface area is 105 Å². The Hall–Kier alpha value is -1.39. The van der Waals surface area contributed by atoms with Gasteiger partial charge in [-0.1, -0.05) is 6.07 Å². The van der Waals surface area contributed by atoms with Gasteiger partial charge in [0.1, 0.15) is 5.52 Å². The Balaban J connectivity index is 1.76. The molecule has 1 aromatic heterocycles. The van der Waals surface area contributed by atoms with Crippen LogP contribution in [0.2, 0.25) is 0 Å². The fraction of sp³-hybridized carbons (Fsp3) is 0.500. The lowest BCUT2D eigenvalue weighted by atomic mass is 9.81. The second-order valence-corrected chi connectivity index (χ2v) is 5.61. The number of hydrogen-bond acceptors (Lipinski definition) is 4. The number of fused-ring (bicyclic) bond motifs is 3. The van der Waals surface area contributed by atoms with Gasteiger partial charge in [-0.25, -0.2) is 4.98 Å². The highest BCUT2D eigenvalue weighted by molar-refractivity contribution is 5.73. The maximum atomic E-state index is 10.9. The number of aliphatic hydroxyl groups is 1. The van der Waals surface area contributed by atoms with Crippen molar-refractivity contribution in [2.45, 2.75) is 43.4 Å².